The largest absolute Gasteiger partial charge is 0.348 e. The van der Waals surface area contributed by atoms with Gasteiger partial charge in [0.25, 0.3) is 5.91 Å². The Balaban J connectivity index is 1.50. The molecule has 1 saturated carbocycles. The van der Waals surface area contributed by atoms with Crippen molar-refractivity contribution in [3.63, 3.8) is 0 Å². The number of nitrogens with one attached hydrogen (secondary N) is 1. The highest BCUT2D eigenvalue weighted by Gasteiger charge is 2.20. The Morgan fingerprint density at radius 3 is 2.73 bits per heavy atom. The second kappa shape index (κ2) is 6.86. The normalized spacial score (nSPS) is 14.8. The van der Waals surface area contributed by atoms with Crippen molar-refractivity contribution in [2.75, 3.05) is 0 Å². The van der Waals surface area contributed by atoms with E-state index in [4.69, 9.17) is 0 Å². The van der Waals surface area contributed by atoms with Crippen molar-refractivity contribution in [3.8, 4) is 0 Å². The first-order valence-electron chi connectivity index (χ1n) is 9.15. The van der Waals surface area contributed by atoms with Crippen molar-refractivity contribution < 1.29 is 4.79 Å². The number of imidazole rings is 1. The van der Waals surface area contributed by atoms with E-state index in [1.165, 1.54) is 25.7 Å². The number of aryl methyl sites for hydroxylation is 2. The van der Waals surface area contributed by atoms with E-state index in [1.807, 2.05) is 38.5 Å². The zero-order valence-electron chi connectivity index (χ0n) is 15.2. The summed E-state index contributed by atoms with van der Waals surface area (Å²) >= 11 is 0. The van der Waals surface area contributed by atoms with Crippen molar-refractivity contribution in [2.45, 2.75) is 52.1 Å². The minimum atomic E-state index is -0.144. The summed E-state index contributed by atoms with van der Waals surface area (Å²) in [5, 5.41) is 2.95. The number of carbonyl (C=O) groups excluding carboxylic acids is 1. The van der Waals surface area contributed by atoms with Crippen LogP contribution in [0.5, 0.6) is 0 Å². The van der Waals surface area contributed by atoms with Crippen LogP contribution in [0.25, 0.3) is 11.2 Å². The van der Waals surface area contributed by atoms with E-state index in [-0.39, 0.29) is 5.91 Å². The molecule has 1 aliphatic rings. The highest BCUT2D eigenvalue weighted by molar-refractivity contribution is 5.96. The summed E-state index contributed by atoms with van der Waals surface area (Å²) < 4.78 is 2.16. The van der Waals surface area contributed by atoms with E-state index < -0.39 is 0 Å². The van der Waals surface area contributed by atoms with Crippen LogP contribution in [0, 0.1) is 13.8 Å². The van der Waals surface area contributed by atoms with Crippen LogP contribution in [-0.4, -0.2) is 25.4 Å². The van der Waals surface area contributed by atoms with Crippen molar-refractivity contribution in [2.24, 2.45) is 0 Å². The Kier molecular flexibility index (Phi) is 4.41. The Labute approximate surface area is 152 Å². The maximum Gasteiger partial charge on any atom is 0.253 e. The van der Waals surface area contributed by atoms with Crippen molar-refractivity contribution in [1.82, 2.24) is 24.8 Å². The number of aromatic nitrogens is 4. The van der Waals surface area contributed by atoms with E-state index in [1.54, 1.807) is 6.20 Å². The molecule has 6 heteroatoms. The first kappa shape index (κ1) is 16.7. The summed E-state index contributed by atoms with van der Waals surface area (Å²) in [4.78, 5) is 25.8. The van der Waals surface area contributed by atoms with Crippen LogP contribution < -0.4 is 5.32 Å². The van der Waals surface area contributed by atoms with Gasteiger partial charge < -0.3 is 9.88 Å². The number of rotatable bonds is 4. The second-order valence-corrected chi connectivity index (χ2v) is 7.09. The molecule has 0 bridgehead atoms. The molecular formula is C20H23N5O. The van der Waals surface area contributed by atoms with Crippen LogP contribution in [0.3, 0.4) is 0 Å². The molecule has 0 radical (unpaired) electrons. The number of nitrogens with zero attached hydrogens (tertiary/aromatic N) is 4. The van der Waals surface area contributed by atoms with Crippen LogP contribution in [0.2, 0.25) is 0 Å². The zero-order chi connectivity index (χ0) is 18.1. The molecule has 0 aromatic carbocycles. The van der Waals surface area contributed by atoms with Gasteiger partial charge in [0, 0.05) is 30.7 Å². The lowest BCUT2D eigenvalue weighted by molar-refractivity contribution is 0.0950. The van der Waals surface area contributed by atoms with Crippen LogP contribution in [0.4, 0.5) is 0 Å². The van der Waals surface area contributed by atoms with Crippen LogP contribution in [-0.2, 0) is 6.54 Å². The number of fused-ring (bicyclic) bond motifs is 1. The molecule has 0 aliphatic heterocycles. The fourth-order valence-corrected chi connectivity index (χ4v) is 3.68. The van der Waals surface area contributed by atoms with E-state index in [0.29, 0.717) is 18.2 Å². The molecule has 1 fully saturated rings. The summed E-state index contributed by atoms with van der Waals surface area (Å²) in [7, 11) is 0. The minimum absolute atomic E-state index is 0.144. The number of hydrogen-bond donors (Lipinski definition) is 1. The van der Waals surface area contributed by atoms with Gasteiger partial charge in [-0.25, -0.2) is 9.97 Å². The highest BCUT2D eigenvalue weighted by atomic mass is 16.1. The van der Waals surface area contributed by atoms with Crippen LogP contribution in [0.1, 0.15) is 58.9 Å². The lowest BCUT2D eigenvalue weighted by atomic mass is 10.1. The molecule has 1 N–H and O–H groups in total. The average Bonchev–Trinajstić information content (AvgIpc) is 3.29. The van der Waals surface area contributed by atoms with Gasteiger partial charge >= 0.3 is 0 Å². The van der Waals surface area contributed by atoms with Crippen LogP contribution in [0.15, 0.2) is 30.9 Å². The molecule has 1 aliphatic carbocycles. The molecule has 3 aromatic rings. The van der Waals surface area contributed by atoms with E-state index in [2.05, 4.69) is 24.8 Å². The summed E-state index contributed by atoms with van der Waals surface area (Å²) in [5.74, 6) is -0.144. The van der Waals surface area contributed by atoms with Crippen molar-refractivity contribution >= 4 is 17.1 Å². The van der Waals surface area contributed by atoms with E-state index in [0.717, 1.165) is 28.0 Å². The van der Waals surface area contributed by atoms with E-state index >= 15 is 0 Å². The minimum Gasteiger partial charge on any atom is -0.348 e. The Bertz CT molecular complexity index is 956. The Morgan fingerprint density at radius 2 is 1.96 bits per heavy atom. The number of carbonyl (C=O) groups is 1. The fourth-order valence-electron chi connectivity index (χ4n) is 3.68. The summed E-state index contributed by atoms with van der Waals surface area (Å²) in [6.07, 6.45) is 10.2. The predicted octanol–water partition coefficient (Wildman–Crippen LogP) is 3.49. The predicted molar refractivity (Wildman–Crippen MR) is 99.9 cm³/mol. The second-order valence-electron chi connectivity index (χ2n) is 7.09. The molecule has 3 aromatic heterocycles. The molecular weight excluding hydrogens is 326 g/mol. The van der Waals surface area contributed by atoms with Gasteiger partial charge in [0.15, 0.2) is 5.65 Å². The summed E-state index contributed by atoms with van der Waals surface area (Å²) in [5.41, 5.74) is 5.30. The molecule has 4 rings (SSSR count). The first-order valence-corrected chi connectivity index (χ1v) is 9.15. The van der Waals surface area contributed by atoms with Gasteiger partial charge in [-0.05, 0) is 49.9 Å². The monoisotopic (exact) mass is 349 g/mol. The highest BCUT2D eigenvalue weighted by Crippen LogP contribution is 2.31. The number of amides is 1. The SMILES string of the molecule is Cc1cc(C)c(CNC(=O)c2cnc3c(c2)ncn3C2CCCC2)cn1. The van der Waals surface area contributed by atoms with Gasteiger partial charge in [-0.1, -0.05) is 12.8 Å². The maximum absolute atomic E-state index is 12.5. The third-order valence-electron chi connectivity index (χ3n) is 5.19. The molecule has 134 valence electrons. The molecule has 0 unspecified atom stereocenters. The average molecular weight is 349 g/mol. The fraction of sp³-hybridized carbons (Fsp3) is 0.400. The smallest absolute Gasteiger partial charge is 0.253 e. The Hall–Kier alpha value is -2.76. The summed E-state index contributed by atoms with van der Waals surface area (Å²) in [6.45, 7) is 4.44. The Morgan fingerprint density at radius 1 is 1.15 bits per heavy atom. The quantitative estimate of drug-likeness (QED) is 0.782. The van der Waals surface area contributed by atoms with Gasteiger partial charge in [-0.2, -0.15) is 0 Å². The zero-order valence-corrected chi connectivity index (χ0v) is 15.2. The molecule has 1 amide bonds. The molecule has 3 heterocycles. The maximum atomic E-state index is 12.5. The number of hydrogen-bond acceptors (Lipinski definition) is 4. The molecule has 0 spiro atoms. The topological polar surface area (TPSA) is 72.7 Å². The third-order valence-corrected chi connectivity index (χ3v) is 5.19. The lowest BCUT2D eigenvalue weighted by Gasteiger charge is -2.11. The van der Waals surface area contributed by atoms with Crippen molar-refractivity contribution in [1.29, 1.82) is 0 Å². The van der Waals surface area contributed by atoms with Crippen molar-refractivity contribution in [3.05, 3.63) is 53.2 Å². The van der Waals surface area contributed by atoms with Crippen LogP contribution >= 0.6 is 0 Å². The molecule has 0 saturated heterocycles. The molecule has 6 nitrogen and oxygen atoms in total. The van der Waals surface area contributed by atoms with Gasteiger partial charge in [-0.3, -0.25) is 9.78 Å². The number of pyridine rings is 2. The van der Waals surface area contributed by atoms with Gasteiger partial charge in [0.2, 0.25) is 0 Å². The standard InChI is InChI=1S/C20H23N5O/c1-13-7-14(2)21-10-16(13)11-23-20(26)15-8-18-19(22-9-15)25(12-24-18)17-5-3-4-6-17/h7-10,12,17H,3-6,11H2,1-2H3,(H,23,26). The summed E-state index contributed by atoms with van der Waals surface area (Å²) in [6, 6.07) is 4.33. The molecule has 0 atom stereocenters. The first-order chi connectivity index (χ1) is 12.6. The van der Waals surface area contributed by atoms with Gasteiger partial charge in [0.1, 0.15) is 5.52 Å². The van der Waals surface area contributed by atoms with E-state index in [9.17, 15) is 4.79 Å². The van der Waals surface area contributed by atoms with Gasteiger partial charge in [-0.15, -0.1) is 0 Å². The van der Waals surface area contributed by atoms with Gasteiger partial charge in [0.05, 0.1) is 11.9 Å². The third kappa shape index (κ3) is 3.19. The molecule has 26 heavy (non-hydrogen) atoms. The lowest BCUT2D eigenvalue weighted by Crippen LogP contribution is -2.23.